The number of nitrogens with one attached hydrogen (secondary N) is 1. The molecule has 0 aromatic carbocycles. The lowest BCUT2D eigenvalue weighted by atomic mass is 9.83. The molecule has 1 rings (SSSR count). The number of piperazine rings is 1. The molecule has 0 aliphatic carbocycles. The molecule has 0 saturated carbocycles. The molecule has 4 heteroatoms. The van der Waals surface area contributed by atoms with Gasteiger partial charge in [-0.05, 0) is 11.3 Å². The summed E-state index contributed by atoms with van der Waals surface area (Å²) in [4.78, 5) is 2.56. The standard InChI is InChI=1S/C15H32N2OS/c1-7-19(18)9-8-17-11-14(15(4,5)6)16-10-13(17)12(2)3/h12-14,16H,7-11H2,1-6H3. The second-order valence-corrected chi connectivity index (χ2v) is 8.93. The fourth-order valence-corrected chi connectivity index (χ4v) is 3.41. The van der Waals surface area contributed by atoms with Crippen LogP contribution in [0.15, 0.2) is 0 Å². The molecule has 1 saturated heterocycles. The SMILES string of the molecule is CCS(=O)CCN1CC(C(C)(C)C)NCC1C(C)C. The molecule has 1 aliphatic rings. The molecule has 1 aliphatic heterocycles. The summed E-state index contributed by atoms with van der Waals surface area (Å²) in [5.74, 6) is 2.24. The van der Waals surface area contributed by atoms with Crippen molar-refractivity contribution in [3.63, 3.8) is 0 Å². The van der Waals surface area contributed by atoms with Gasteiger partial charge in [0.15, 0.2) is 0 Å². The molecule has 1 fully saturated rings. The quantitative estimate of drug-likeness (QED) is 0.841. The molecule has 1 N–H and O–H groups in total. The second-order valence-electron chi connectivity index (χ2n) is 7.07. The van der Waals surface area contributed by atoms with Crippen LogP contribution in [0.1, 0.15) is 41.5 Å². The zero-order valence-corrected chi connectivity index (χ0v) is 14.3. The van der Waals surface area contributed by atoms with E-state index in [0.29, 0.717) is 18.0 Å². The number of nitrogens with zero attached hydrogens (tertiary/aromatic N) is 1. The minimum atomic E-state index is -0.651. The van der Waals surface area contributed by atoms with Crippen molar-refractivity contribution in [1.29, 1.82) is 0 Å². The van der Waals surface area contributed by atoms with Gasteiger partial charge in [-0.1, -0.05) is 41.5 Å². The summed E-state index contributed by atoms with van der Waals surface area (Å²) in [6.45, 7) is 16.6. The molecule has 0 bridgehead atoms. The first-order chi connectivity index (χ1) is 8.75. The van der Waals surface area contributed by atoms with E-state index < -0.39 is 10.8 Å². The molecule has 0 aromatic heterocycles. The van der Waals surface area contributed by atoms with Gasteiger partial charge >= 0.3 is 0 Å². The lowest BCUT2D eigenvalue weighted by Gasteiger charge is -2.46. The van der Waals surface area contributed by atoms with Crippen LogP contribution in [-0.4, -0.2) is 52.3 Å². The summed E-state index contributed by atoms with van der Waals surface area (Å²) in [6.07, 6.45) is 0. The minimum absolute atomic E-state index is 0.282. The zero-order valence-electron chi connectivity index (χ0n) is 13.5. The summed E-state index contributed by atoms with van der Waals surface area (Å²) >= 11 is 0. The normalized spacial score (nSPS) is 27.7. The van der Waals surface area contributed by atoms with E-state index in [1.807, 2.05) is 6.92 Å². The van der Waals surface area contributed by atoms with Crippen molar-refractivity contribution in [3.8, 4) is 0 Å². The fraction of sp³-hybridized carbons (Fsp3) is 1.00. The van der Waals surface area contributed by atoms with Gasteiger partial charge in [0.2, 0.25) is 0 Å². The zero-order chi connectivity index (χ0) is 14.6. The maximum absolute atomic E-state index is 11.7. The average molecular weight is 289 g/mol. The van der Waals surface area contributed by atoms with E-state index in [4.69, 9.17) is 0 Å². The first-order valence-electron chi connectivity index (χ1n) is 7.58. The summed E-state index contributed by atoms with van der Waals surface area (Å²) in [7, 11) is -0.651. The third-order valence-corrected chi connectivity index (χ3v) is 5.48. The van der Waals surface area contributed by atoms with Gasteiger partial charge in [0, 0.05) is 54.0 Å². The summed E-state index contributed by atoms with van der Waals surface area (Å²) in [5.41, 5.74) is 0.282. The van der Waals surface area contributed by atoms with E-state index in [1.165, 1.54) is 0 Å². The fourth-order valence-electron chi connectivity index (χ4n) is 2.68. The Bertz CT molecular complexity index is 299. The van der Waals surface area contributed by atoms with Crippen molar-refractivity contribution >= 4 is 10.8 Å². The molecule has 19 heavy (non-hydrogen) atoms. The van der Waals surface area contributed by atoms with Gasteiger partial charge in [-0.15, -0.1) is 0 Å². The first kappa shape index (κ1) is 17.1. The topological polar surface area (TPSA) is 32.3 Å². The second kappa shape index (κ2) is 7.19. The molecule has 3 unspecified atom stereocenters. The number of hydrogen-bond donors (Lipinski definition) is 1. The van der Waals surface area contributed by atoms with E-state index in [1.54, 1.807) is 0 Å². The highest BCUT2D eigenvalue weighted by molar-refractivity contribution is 7.84. The van der Waals surface area contributed by atoms with Crippen LogP contribution in [0.3, 0.4) is 0 Å². The molecule has 114 valence electrons. The van der Waals surface area contributed by atoms with Crippen molar-refractivity contribution < 1.29 is 4.21 Å². The maximum atomic E-state index is 11.7. The van der Waals surface area contributed by atoms with Crippen molar-refractivity contribution in [1.82, 2.24) is 10.2 Å². The van der Waals surface area contributed by atoms with Crippen LogP contribution >= 0.6 is 0 Å². The first-order valence-corrected chi connectivity index (χ1v) is 9.07. The number of rotatable bonds is 5. The van der Waals surface area contributed by atoms with Crippen LogP contribution in [0.5, 0.6) is 0 Å². The molecule has 0 spiro atoms. The molecule has 3 nitrogen and oxygen atoms in total. The van der Waals surface area contributed by atoms with E-state index >= 15 is 0 Å². The highest BCUT2D eigenvalue weighted by atomic mass is 32.2. The Morgan fingerprint density at radius 3 is 2.47 bits per heavy atom. The Morgan fingerprint density at radius 2 is 2.00 bits per heavy atom. The van der Waals surface area contributed by atoms with E-state index in [0.717, 1.165) is 31.1 Å². The molecular weight excluding hydrogens is 256 g/mol. The molecule has 3 atom stereocenters. The van der Waals surface area contributed by atoms with Gasteiger partial charge < -0.3 is 5.32 Å². The summed E-state index contributed by atoms with van der Waals surface area (Å²) < 4.78 is 11.7. The van der Waals surface area contributed by atoms with Gasteiger partial charge in [0.1, 0.15) is 0 Å². The van der Waals surface area contributed by atoms with Crippen molar-refractivity contribution in [3.05, 3.63) is 0 Å². The predicted octanol–water partition coefficient (Wildman–Crippen LogP) is 2.10. The lowest BCUT2D eigenvalue weighted by molar-refractivity contribution is 0.0686. The van der Waals surface area contributed by atoms with Gasteiger partial charge in [0.05, 0.1) is 0 Å². The van der Waals surface area contributed by atoms with Crippen LogP contribution in [-0.2, 0) is 10.8 Å². The Morgan fingerprint density at radius 1 is 1.37 bits per heavy atom. The Labute approximate surface area is 122 Å². The predicted molar refractivity (Wildman–Crippen MR) is 85.0 cm³/mol. The lowest BCUT2D eigenvalue weighted by Crippen LogP contribution is -2.62. The third kappa shape index (κ3) is 5.16. The van der Waals surface area contributed by atoms with Crippen molar-refractivity contribution in [2.75, 3.05) is 31.1 Å². The Hall–Kier alpha value is 0.0700. The highest BCUT2D eigenvalue weighted by Crippen LogP contribution is 2.25. The van der Waals surface area contributed by atoms with Crippen molar-refractivity contribution in [2.24, 2.45) is 11.3 Å². The molecular formula is C15H32N2OS. The van der Waals surface area contributed by atoms with Gasteiger partial charge in [-0.2, -0.15) is 0 Å². The summed E-state index contributed by atoms with van der Waals surface area (Å²) in [5, 5.41) is 3.70. The molecule has 1 heterocycles. The molecule has 0 radical (unpaired) electrons. The van der Waals surface area contributed by atoms with E-state index in [-0.39, 0.29) is 5.41 Å². The smallest absolute Gasteiger partial charge is 0.0362 e. The van der Waals surface area contributed by atoms with Crippen LogP contribution < -0.4 is 5.32 Å². The molecule has 0 aromatic rings. The van der Waals surface area contributed by atoms with Crippen LogP contribution in [0.4, 0.5) is 0 Å². The highest BCUT2D eigenvalue weighted by Gasteiger charge is 2.34. The molecule has 0 amide bonds. The van der Waals surface area contributed by atoms with E-state index in [9.17, 15) is 4.21 Å². The summed E-state index contributed by atoms with van der Waals surface area (Å²) in [6, 6.07) is 1.10. The average Bonchev–Trinajstić information content (AvgIpc) is 2.34. The minimum Gasteiger partial charge on any atom is -0.311 e. The third-order valence-electron chi connectivity index (χ3n) is 4.20. The van der Waals surface area contributed by atoms with E-state index in [2.05, 4.69) is 44.8 Å². The van der Waals surface area contributed by atoms with Crippen molar-refractivity contribution in [2.45, 2.75) is 53.6 Å². The maximum Gasteiger partial charge on any atom is 0.0362 e. The van der Waals surface area contributed by atoms with Gasteiger partial charge in [-0.3, -0.25) is 9.11 Å². The monoisotopic (exact) mass is 288 g/mol. The Kier molecular flexibility index (Phi) is 6.48. The van der Waals surface area contributed by atoms with Crippen LogP contribution in [0.25, 0.3) is 0 Å². The number of hydrogen-bond acceptors (Lipinski definition) is 3. The Balaban J connectivity index is 2.65. The van der Waals surface area contributed by atoms with Crippen LogP contribution in [0, 0.1) is 11.3 Å². The van der Waals surface area contributed by atoms with Crippen LogP contribution in [0.2, 0.25) is 0 Å². The van der Waals surface area contributed by atoms with Gasteiger partial charge in [-0.25, -0.2) is 0 Å². The largest absolute Gasteiger partial charge is 0.311 e. The van der Waals surface area contributed by atoms with Gasteiger partial charge in [0.25, 0.3) is 0 Å².